The monoisotopic (exact) mass is 407 g/mol. The molecule has 0 saturated carbocycles. The van der Waals surface area contributed by atoms with Crippen LogP contribution in [0.5, 0.6) is 0 Å². The third-order valence-electron chi connectivity index (χ3n) is 3.16. The van der Waals surface area contributed by atoms with Crippen molar-refractivity contribution in [2.24, 2.45) is 0 Å². The van der Waals surface area contributed by atoms with Gasteiger partial charge in [0.05, 0.1) is 15.5 Å². The fraction of sp³-hybridized carbons (Fsp3) is 0.200. The molecule has 0 unspecified atom stereocenters. The molecule has 0 atom stereocenters. The number of benzene rings is 1. The van der Waals surface area contributed by atoms with Gasteiger partial charge in [0, 0.05) is 31.0 Å². The van der Waals surface area contributed by atoms with Crippen LogP contribution in [-0.4, -0.2) is 25.9 Å². The van der Waals surface area contributed by atoms with Gasteiger partial charge in [-0.2, -0.15) is 13.2 Å². The van der Waals surface area contributed by atoms with E-state index in [9.17, 15) is 26.4 Å². The number of carbonyl (C=O) groups is 1. The van der Waals surface area contributed by atoms with Gasteiger partial charge in [-0.05, 0) is 30.3 Å². The maximum absolute atomic E-state index is 12.8. The first kappa shape index (κ1) is 20.1. The summed E-state index contributed by atoms with van der Waals surface area (Å²) in [5.74, 6) is -0.467. The predicted octanol–water partition coefficient (Wildman–Crippen LogP) is 3.06. The molecule has 0 aliphatic heterocycles. The van der Waals surface area contributed by atoms with Gasteiger partial charge in [0.15, 0.2) is 0 Å². The summed E-state index contributed by atoms with van der Waals surface area (Å²) in [6, 6.07) is 5.36. The standard InChI is InChI=1S/C15H13ClF3N3O3S/c16-13-2-1-11(9-12(13)15(17,18)19)26(24,25)21-8-5-14(23)22-10-3-6-20-7-4-10/h1-4,6-7,9,21H,5,8H2,(H,20,22,23). The van der Waals surface area contributed by atoms with Crippen LogP contribution in [0, 0.1) is 0 Å². The summed E-state index contributed by atoms with van der Waals surface area (Å²) in [6.45, 7) is -0.288. The summed E-state index contributed by atoms with van der Waals surface area (Å²) in [5, 5.41) is 1.92. The van der Waals surface area contributed by atoms with Gasteiger partial charge in [-0.1, -0.05) is 11.6 Å². The van der Waals surface area contributed by atoms with Crippen LogP contribution in [-0.2, 0) is 21.0 Å². The zero-order chi connectivity index (χ0) is 19.4. The quantitative estimate of drug-likeness (QED) is 0.770. The highest BCUT2D eigenvalue weighted by Crippen LogP contribution is 2.35. The minimum absolute atomic E-state index is 0.207. The second-order valence-electron chi connectivity index (χ2n) is 5.07. The van der Waals surface area contributed by atoms with Crippen molar-refractivity contribution < 1.29 is 26.4 Å². The molecule has 1 amide bonds. The number of anilines is 1. The zero-order valence-electron chi connectivity index (χ0n) is 13.0. The molecule has 26 heavy (non-hydrogen) atoms. The number of alkyl halides is 3. The second-order valence-corrected chi connectivity index (χ2v) is 7.25. The first-order chi connectivity index (χ1) is 12.1. The van der Waals surface area contributed by atoms with Gasteiger partial charge in [-0.15, -0.1) is 0 Å². The van der Waals surface area contributed by atoms with Gasteiger partial charge < -0.3 is 5.32 Å². The third kappa shape index (κ3) is 5.41. The van der Waals surface area contributed by atoms with Crippen LogP contribution in [0.4, 0.5) is 18.9 Å². The number of carbonyl (C=O) groups excluding carboxylic acids is 1. The average Bonchev–Trinajstić information content (AvgIpc) is 2.54. The highest BCUT2D eigenvalue weighted by Gasteiger charge is 2.34. The normalized spacial score (nSPS) is 12.0. The number of sulfonamides is 1. The summed E-state index contributed by atoms with van der Waals surface area (Å²) in [7, 11) is -4.23. The Kier molecular flexibility index (Phi) is 6.21. The van der Waals surface area contributed by atoms with E-state index >= 15 is 0 Å². The molecule has 2 N–H and O–H groups in total. The third-order valence-corrected chi connectivity index (χ3v) is 4.95. The van der Waals surface area contributed by atoms with Crippen LogP contribution in [0.2, 0.25) is 5.02 Å². The number of halogens is 4. The Labute approximate surface area is 152 Å². The summed E-state index contributed by atoms with van der Waals surface area (Å²) in [4.78, 5) is 14.9. The number of amides is 1. The van der Waals surface area contributed by atoms with Crippen molar-refractivity contribution in [3.8, 4) is 0 Å². The Morgan fingerprint density at radius 1 is 1.15 bits per heavy atom. The van der Waals surface area contributed by atoms with Crippen LogP contribution in [0.1, 0.15) is 12.0 Å². The summed E-state index contributed by atoms with van der Waals surface area (Å²) >= 11 is 5.46. The first-order valence-electron chi connectivity index (χ1n) is 7.16. The van der Waals surface area contributed by atoms with Gasteiger partial charge >= 0.3 is 6.18 Å². The molecule has 1 aromatic carbocycles. The smallest absolute Gasteiger partial charge is 0.326 e. The minimum atomic E-state index is -4.78. The van der Waals surface area contributed by atoms with Gasteiger partial charge in [-0.25, -0.2) is 13.1 Å². The highest BCUT2D eigenvalue weighted by molar-refractivity contribution is 7.89. The molecule has 2 aromatic rings. The van der Waals surface area contributed by atoms with E-state index in [0.29, 0.717) is 11.8 Å². The molecule has 1 heterocycles. The van der Waals surface area contributed by atoms with Gasteiger partial charge in [0.25, 0.3) is 0 Å². The summed E-state index contributed by atoms with van der Waals surface area (Å²) < 4.78 is 64.8. The lowest BCUT2D eigenvalue weighted by molar-refractivity contribution is -0.137. The first-order valence-corrected chi connectivity index (χ1v) is 9.02. The Morgan fingerprint density at radius 2 is 1.81 bits per heavy atom. The predicted molar refractivity (Wildman–Crippen MR) is 89.1 cm³/mol. The molecule has 140 valence electrons. The van der Waals surface area contributed by atoms with Crippen LogP contribution in [0.3, 0.4) is 0 Å². The highest BCUT2D eigenvalue weighted by atomic mass is 35.5. The Balaban J connectivity index is 2.00. The molecule has 0 spiro atoms. The van der Waals surface area contributed by atoms with Crippen LogP contribution in [0.25, 0.3) is 0 Å². The number of rotatable bonds is 6. The van der Waals surface area contributed by atoms with Crippen molar-refractivity contribution >= 4 is 33.2 Å². The summed E-state index contributed by atoms with van der Waals surface area (Å²) in [6.07, 6.45) is -2.05. The molecular weight excluding hydrogens is 395 g/mol. The minimum Gasteiger partial charge on any atom is -0.326 e. The topological polar surface area (TPSA) is 88.2 Å². The second kappa shape index (κ2) is 8.02. The van der Waals surface area contributed by atoms with E-state index in [1.54, 1.807) is 12.1 Å². The molecule has 0 bridgehead atoms. The number of hydrogen-bond acceptors (Lipinski definition) is 4. The van der Waals surface area contributed by atoms with E-state index in [2.05, 4.69) is 15.0 Å². The Morgan fingerprint density at radius 3 is 2.42 bits per heavy atom. The van der Waals surface area contributed by atoms with Gasteiger partial charge in [0.2, 0.25) is 15.9 Å². The number of nitrogens with one attached hydrogen (secondary N) is 2. The van der Waals surface area contributed by atoms with Crippen molar-refractivity contribution in [2.45, 2.75) is 17.5 Å². The molecule has 1 aromatic heterocycles. The van der Waals surface area contributed by atoms with Crippen molar-refractivity contribution in [3.63, 3.8) is 0 Å². The van der Waals surface area contributed by atoms with Crippen molar-refractivity contribution in [1.82, 2.24) is 9.71 Å². The van der Waals surface area contributed by atoms with Gasteiger partial charge in [-0.3, -0.25) is 9.78 Å². The van der Waals surface area contributed by atoms with E-state index in [0.717, 1.165) is 12.1 Å². The summed E-state index contributed by atoms with van der Waals surface area (Å²) in [5.41, 5.74) is -0.766. The Bertz CT molecular complexity index is 890. The van der Waals surface area contributed by atoms with E-state index in [-0.39, 0.29) is 13.0 Å². The number of aromatic nitrogens is 1. The van der Waals surface area contributed by atoms with E-state index < -0.39 is 37.6 Å². The van der Waals surface area contributed by atoms with Crippen molar-refractivity contribution in [1.29, 1.82) is 0 Å². The molecule has 6 nitrogen and oxygen atoms in total. The molecule has 0 saturated heterocycles. The zero-order valence-corrected chi connectivity index (χ0v) is 14.6. The molecule has 11 heteroatoms. The van der Waals surface area contributed by atoms with Crippen molar-refractivity contribution in [2.75, 3.05) is 11.9 Å². The molecule has 0 fully saturated rings. The largest absolute Gasteiger partial charge is 0.417 e. The fourth-order valence-electron chi connectivity index (χ4n) is 1.93. The van der Waals surface area contributed by atoms with E-state index in [1.165, 1.54) is 12.4 Å². The maximum Gasteiger partial charge on any atom is 0.417 e. The van der Waals surface area contributed by atoms with Gasteiger partial charge in [0.1, 0.15) is 0 Å². The molecule has 0 radical (unpaired) electrons. The molecule has 0 aliphatic rings. The van der Waals surface area contributed by atoms with E-state index in [4.69, 9.17) is 11.6 Å². The lowest BCUT2D eigenvalue weighted by atomic mass is 10.2. The molecule has 0 aliphatic carbocycles. The number of nitrogens with zero attached hydrogens (tertiary/aromatic N) is 1. The Hall–Kier alpha value is -2.17. The maximum atomic E-state index is 12.8. The van der Waals surface area contributed by atoms with Crippen LogP contribution in [0.15, 0.2) is 47.6 Å². The lowest BCUT2D eigenvalue weighted by Gasteiger charge is -2.12. The van der Waals surface area contributed by atoms with Crippen LogP contribution < -0.4 is 10.0 Å². The molecular formula is C15H13ClF3N3O3S. The number of pyridine rings is 1. The average molecular weight is 408 g/mol. The van der Waals surface area contributed by atoms with Crippen molar-refractivity contribution in [3.05, 3.63) is 53.3 Å². The SMILES string of the molecule is O=C(CCNS(=O)(=O)c1ccc(Cl)c(C(F)(F)F)c1)Nc1ccncc1. The van der Waals surface area contributed by atoms with Crippen LogP contribution >= 0.6 is 11.6 Å². The fourth-order valence-corrected chi connectivity index (χ4v) is 3.21. The van der Waals surface area contributed by atoms with E-state index in [1.807, 2.05) is 0 Å². The molecule has 2 rings (SSSR count). The number of hydrogen-bond donors (Lipinski definition) is 2. The lowest BCUT2D eigenvalue weighted by Crippen LogP contribution is -2.28.